The second kappa shape index (κ2) is 8.58. The lowest BCUT2D eigenvalue weighted by Crippen LogP contribution is -2.56. The molecule has 0 aliphatic heterocycles. The second-order valence-corrected chi connectivity index (χ2v) is 7.60. The van der Waals surface area contributed by atoms with Crippen molar-refractivity contribution >= 4 is 64.0 Å². The summed E-state index contributed by atoms with van der Waals surface area (Å²) in [7, 11) is 0. The van der Waals surface area contributed by atoms with Gasteiger partial charge in [0, 0.05) is 16.8 Å². The molecule has 0 aliphatic carbocycles. The van der Waals surface area contributed by atoms with Crippen molar-refractivity contribution < 1.29 is 9.59 Å². The lowest BCUT2D eigenvalue weighted by molar-refractivity contribution is 0.0933. The number of hydrogen-bond donors (Lipinski definition) is 3. The third kappa shape index (κ3) is 6.25. The van der Waals surface area contributed by atoms with E-state index < -0.39 is 21.9 Å². The number of benzene rings is 1. The van der Waals surface area contributed by atoms with Gasteiger partial charge in [-0.05, 0) is 36.4 Å². The van der Waals surface area contributed by atoms with Crippen LogP contribution in [0.5, 0.6) is 0 Å². The zero-order valence-corrected chi connectivity index (χ0v) is 15.5. The normalized spacial score (nSPS) is 12.2. The number of amides is 3. The van der Waals surface area contributed by atoms with E-state index in [1.807, 2.05) is 0 Å². The van der Waals surface area contributed by atoms with Crippen molar-refractivity contribution in [2.24, 2.45) is 0 Å². The number of pyridine rings is 1. The van der Waals surface area contributed by atoms with Crippen LogP contribution in [-0.2, 0) is 0 Å². The Morgan fingerprint density at radius 3 is 2.28 bits per heavy atom. The number of carbonyl (C=O) groups excluding carboxylic acids is 2. The first kappa shape index (κ1) is 19.6. The number of nitrogens with one attached hydrogen (secondary N) is 3. The average Bonchev–Trinajstić information content (AvgIpc) is 2.54. The highest BCUT2D eigenvalue weighted by Gasteiger charge is 2.35. The van der Waals surface area contributed by atoms with E-state index in [0.717, 1.165) is 0 Å². The highest BCUT2D eigenvalue weighted by molar-refractivity contribution is 6.68. The molecule has 132 valence electrons. The van der Waals surface area contributed by atoms with Crippen LogP contribution in [0.1, 0.15) is 10.4 Å². The fourth-order valence-corrected chi connectivity index (χ4v) is 2.20. The monoisotopic (exact) mass is 420 g/mol. The topological polar surface area (TPSA) is 83.1 Å². The molecule has 0 fully saturated rings. The van der Waals surface area contributed by atoms with Crippen LogP contribution in [0.2, 0.25) is 5.02 Å². The van der Waals surface area contributed by atoms with Gasteiger partial charge in [0.2, 0.25) is 3.79 Å². The van der Waals surface area contributed by atoms with Crippen molar-refractivity contribution in [3.05, 3.63) is 59.4 Å². The van der Waals surface area contributed by atoms with E-state index in [9.17, 15) is 9.59 Å². The Morgan fingerprint density at radius 2 is 1.72 bits per heavy atom. The summed E-state index contributed by atoms with van der Waals surface area (Å²) in [6.07, 6.45) is 1.72. The zero-order valence-electron chi connectivity index (χ0n) is 12.5. The second-order valence-electron chi connectivity index (χ2n) is 4.80. The van der Waals surface area contributed by atoms with E-state index >= 15 is 0 Å². The van der Waals surface area contributed by atoms with E-state index in [1.54, 1.807) is 30.5 Å². The minimum atomic E-state index is -1.98. The molecule has 25 heavy (non-hydrogen) atoms. The number of rotatable bonds is 4. The molecule has 2 rings (SSSR count). The Morgan fingerprint density at radius 1 is 1.04 bits per heavy atom. The van der Waals surface area contributed by atoms with Crippen LogP contribution in [0.4, 0.5) is 10.5 Å². The quantitative estimate of drug-likeness (QED) is 0.515. The van der Waals surface area contributed by atoms with Crippen molar-refractivity contribution in [2.45, 2.75) is 9.96 Å². The highest BCUT2D eigenvalue weighted by Crippen LogP contribution is 2.29. The van der Waals surface area contributed by atoms with Crippen molar-refractivity contribution in [1.82, 2.24) is 15.6 Å². The minimum Gasteiger partial charge on any atom is -0.328 e. The SMILES string of the molecule is O=C(Nc1cccnc1)NC(NC(=O)c1ccc(Cl)cc1)C(Cl)(Cl)Cl. The van der Waals surface area contributed by atoms with Gasteiger partial charge in [-0.1, -0.05) is 46.4 Å². The number of halogens is 4. The number of aromatic nitrogens is 1. The van der Waals surface area contributed by atoms with E-state index in [2.05, 4.69) is 20.9 Å². The molecule has 1 unspecified atom stereocenters. The van der Waals surface area contributed by atoms with Crippen molar-refractivity contribution in [1.29, 1.82) is 0 Å². The number of hydrogen-bond acceptors (Lipinski definition) is 3. The molecule has 0 aliphatic rings. The van der Waals surface area contributed by atoms with Gasteiger partial charge in [-0.3, -0.25) is 9.78 Å². The van der Waals surface area contributed by atoms with Gasteiger partial charge in [-0.2, -0.15) is 0 Å². The molecule has 2 aromatic rings. The highest BCUT2D eigenvalue weighted by atomic mass is 35.6. The molecule has 6 nitrogen and oxygen atoms in total. The van der Waals surface area contributed by atoms with Gasteiger partial charge in [0.25, 0.3) is 5.91 Å². The number of alkyl halides is 3. The Kier molecular flexibility index (Phi) is 6.72. The summed E-state index contributed by atoms with van der Waals surface area (Å²) in [5.41, 5.74) is 0.727. The minimum absolute atomic E-state index is 0.290. The summed E-state index contributed by atoms with van der Waals surface area (Å²) in [4.78, 5) is 28.1. The number of anilines is 1. The maximum atomic E-state index is 12.2. The molecular formula is C15H12Cl4N4O2. The van der Waals surface area contributed by atoms with E-state index in [1.165, 1.54) is 18.3 Å². The summed E-state index contributed by atoms with van der Waals surface area (Å²) in [5, 5.41) is 7.81. The molecule has 1 heterocycles. The van der Waals surface area contributed by atoms with Gasteiger partial charge in [-0.25, -0.2) is 4.79 Å². The van der Waals surface area contributed by atoms with Crippen LogP contribution < -0.4 is 16.0 Å². The predicted octanol–water partition coefficient (Wildman–Crippen LogP) is 3.98. The Balaban J connectivity index is 2.04. The maximum Gasteiger partial charge on any atom is 0.321 e. The molecule has 10 heteroatoms. The largest absolute Gasteiger partial charge is 0.328 e. The molecule has 0 radical (unpaired) electrons. The van der Waals surface area contributed by atoms with Crippen molar-refractivity contribution in [3.8, 4) is 0 Å². The first-order chi connectivity index (χ1) is 11.8. The maximum absolute atomic E-state index is 12.2. The van der Waals surface area contributed by atoms with Crippen LogP contribution in [0, 0.1) is 0 Å². The van der Waals surface area contributed by atoms with Gasteiger partial charge in [0.05, 0.1) is 11.9 Å². The summed E-state index contributed by atoms with van der Waals surface area (Å²) < 4.78 is -1.98. The summed E-state index contributed by atoms with van der Waals surface area (Å²) in [5.74, 6) is -0.547. The number of nitrogens with zero attached hydrogens (tertiary/aromatic N) is 1. The van der Waals surface area contributed by atoms with E-state index in [4.69, 9.17) is 46.4 Å². The first-order valence-electron chi connectivity index (χ1n) is 6.86. The zero-order chi connectivity index (χ0) is 18.4. The Bertz CT molecular complexity index is 735. The standard InChI is InChI=1S/C15H12Cl4N4O2/c16-10-5-3-9(4-6-10)12(24)22-13(15(17,18)19)23-14(25)21-11-2-1-7-20-8-11/h1-8,13H,(H,22,24)(H2,21,23,25). The molecule has 1 aromatic heterocycles. The van der Waals surface area contributed by atoms with Crippen LogP contribution in [0.15, 0.2) is 48.8 Å². The fourth-order valence-electron chi connectivity index (χ4n) is 1.75. The van der Waals surface area contributed by atoms with E-state index in [0.29, 0.717) is 10.7 Å². The van der Waals surface area contributed by atoms with Gasteiger partial charge in [0.1, 0.15) is 0 Å². The molecule has 0 spiro atoms. The smallest absolute Gasteiger partial charge is 0.321 e. The molecular weight excluding hydrogens is 410 g/mol. The fraction of sp³-hybridized carbons (Fsp3) is 0.133. The third-order valence-corrected chi connectivity index (χ3v) is 3.81. The lowest BCUT2D eigenvalue weighted by Gasteiger charge is -2.26. The lowest BCUT2D eigenvalue weighted by atomic mass is 10.2. The van der Waals surface area contributed by atoms with Crippen LogP contribution >= 0.6 is 46.4 Å². The van der Waals surface area contributed by atoms with Crippen LogP contribution in [0.3, 0.4) is 0 Å². The van der Waals surface area contributed by atoms with Gasteiger partial charge in [0.15, 0.2) is 6.17 Å². The van der Waals surface area contributed by atoms with Crippen molar-refractivity contribution in [3.63, 3.8) is 0 Å². The molecule has 0 saturated heterocycles. The van der Waals surface area contributed by atoms with Gasteiger partial charge in [-0.15, -0.1) is 0 Å². The molecule has 3 N–H and O–H groups in total. The van der Waals surface area contributed by atoms with Gasteiger partial charge >= 0.3 is 6.03 Å². The Labute approximate surface area is 163 Å². The van der Waals surface area contributed by atoms with Crippen LogP contribution in [-0.4, -0.2) is 26.9 Å². The number of urea groups is 1. The van der Waals surface area contributed by atoms with Crippen LogP contribution in [0.25, 0.3) is 0 Å². The summed E-state index contributed by atoms with van der Waals surface area (Å²) in [6.45, 7) is 0. The van der Waals surface area contributed by atoms with Crippen molar-refractivity contribution in [2.75, 3.05) is 5.32 Å². The predicted molar refractivity (Wildman–Crippen MR) is 99.4 cm³/mol. The number of carbonyl (C=O) groups is 2. The average molecular weight is 422 g/mol. The first-order valence-corrected chi connectivity index (χ1v) is 8.37. The molecule has 3 amide bonds. The van der Waals surface area contributed by atoms with E-state index in [-0.39, 0.29) is 5.56 Å². The third-order valence-electron chi connectivity index (χ3n) is 2.90. The molecule has 0 saturated carbocycles. The molecule has 1 atom stereocenters. The summed E-state index contributed by atoms with van der Waals surface area (Å²) in [6, 6.07) is 8.69. The molecule has 0 bridgehead atoms. The van der Waals surface area contributed by atoms with Gasteiger partial charge < -0.3 is 16.0 Å². The summed E-state index contributed by atoms with van der Waals surface area (Å²) >= 11 is 23.3. The Hall–Kier alpha value is -1.73. The molecule has 1 aromatic carbocycles.